The monoisotopic (exact) mass is 275 g/mol. The Morgan fingerprint density at radius 1 is 1.26 bits per heavy atom. The van der Waals surface area contributed by atoms with Crippen LogP contribution >= 0.6 is 11.6 Å². The van der Waals surface area contributed by atoms with Gasteiger partial charge < -0.3 is 4.90 Å². The molecule has 0 radical (unpaired) electrons. The summed E-state index contributed by atoms with van der Waals surface area (Å²) < 4.78 is 2.05. The molecule has 0 bridgehead atoms. The van der Waals surface area contributed by atoms with E-state index in [4.69, 9.17) is 11.6 Å². The third kappa shape index (κ3) is 1.81. The van der Waals surface area contributed by atoms with Crippen LogP contribution in [0.2, 0.25) is 5.02 Å². The van der Waals surface area contributed by atoms with Crippen LogP contribution in [0.3, 0.4) is 0 Å². The number of rotatable bonds is 2. The number of anilines is 1. The topological polar surface area (TPSA) is 46.3 Å². The molecule has 0 saturated heterocycles. The van der Waals surface area contributed by atoms with E-state index < -0.39 is 0 Å². The summed E-state index contributed by atoms with van der Waals surface area (Å²) >= 11 is 6.06. The van der Waals surface area contributed by atoms with Crippen molar-refractivity contribution in [1.82, 2.24) is 19.6 Å². The first-order valence-electron chi connectivity index (χ1n) is 6.12. The molecule has 0 N–H and O–H groups in total. The molecule has 2 aromatic heterocycles. The molecule has 0 aliphatic heterocycles. The van der Waals surface area contributed by atoms with Crippen molar-refractivity contribution in [1.29, 1.82) is 0 Å². The Morgan fingerprint density at radius 3 is 2.74 bits per heavy atom. The van der Waals surface area contributed by atoms with Crippen LogP contribution in [0.5, 0.6) is 0 Å². The third-order valence-corrected chi connectivity index (χ3v) is 3.31. The van der Waals surface area contributed by atoms with Gasteiger partial charge in [-0.1, -0.05) is 18.5 Å². The minimum absolute atomic E-state index is 0.676. The lowest BCUT2D eigenvalue weighted by Gasteiger charge is -2.14. The summed E-state index contributed by atoms with van der Waals surface area (Å²) in [5.41, 5.74) is 2.60. The van der Waals surface area contributed by atoms with Crippen molar-refractivity contribution in [3.63, 3.8) is 0 Å². The molecule has 0 spiro atoms. The highest BCUT2D eigenvalue weighted by Gasteiger charge is 2.15. The van der Waals surface area contributed by atoms with Crippen LogP contribution in [0.1, 0.15) is 12.7 Å². The van der Waals surface area contributed by atoms with E-state index in [1.807, 2.05) is 41.6 Å². The molecule has 0 aliphatic carbocycles. The van der Waals surface area contributed by atoms with Crippen LogP contribution in [-0.2, 0) is 6.42 Å². The van der Waals surface area contributed by atoms with Crippen LogP contribution in [-0.4, -0.2) is 33.7 Å². The molecule has 98 valence electrons. The van der Waals surface area contributed by atoms with Gasteiger partial charge in [-0.05, 0) is 18.2 Å². The van der Waals surface area contributed by atoms with E-state index in [0.717, 1.165) is 34.7 Å². The molecule has 6 heteroatoms. The second kappa shape index (κ2) is 4.35. The van der Waals surface area contributed by atoms with Gasteiger partial charge in [-0.3, -0.25) is 4.40 Å². The minimum Gasteiger partial charge on any atom is -0.360 e. The number of hydrogen-bond donors (Lipinski definition) is 0. The van der Waals surface area contributed by atoms with Crippen LogP contribution in [0.25, 0.3) is 16.7 Å². The molecule has 3 aromatic rings. The van der Waals surface area contributed by atoms with Crippen LogP contribution < -0.4 is 4.90 Å². The second-order valence-corrected chi connectivity index (χ2v) is 5.03. The van der Waals surface area contributed by atoms with Gasteiger partial charge >= 0.3 is 0 Å². The van der Waals surface area contributed by atoms with Crippen LogP contribution in [0.15, 0.2) is 18.2 Å². The molecule has 3 rings (SSSR count). The second-order valence-electron chi connectivity index (χ2n) is 4.59. The van der Waals surface area contributed by atoms with E-state index in [0.29, 0.717) is 5.02 Å². The number of fused-ring (bicyclic) bond motifs is 3. The van der Waals surface area contributed by atoms with Crippen molar-refractivity contribution in [3.05, 3.63) is 29.0 Å². The van der Waals surface area contributed by atoms with Gasteiger partial charge in [0.05, 0.1) is 11.0 Å². The van der Waals surface area contributed by atoms with Crippen molar-refractivity contribution >= 4 is 34.1 Å². The molecular formula is C13H14ClN5. The SMILES string of the molecule is CCc1nnc2c(N(C)C)nc3cc(Cl)ccc3n12. The lowest BCUT2D eigenvalue weighted by molar-refractivity contribution is 0.921. The summed E-state index contributed by atoms with van der Waals surface area (Å²) in [5, 5.41) is 9.18. The largest absolute Gasteiger partial charge is 0.360 e. The van der Waals surface area contributed by atoms with Gasteiger partial charge in [0.1, 0.15) is 5.82 Å². The van der Waals surface area contributed by atoms with E-state index >= 15 is 0 Å². The molecule has 1 aromatic carbocycles. The Labute approximate surface area is 115 Å². The molecule has 0 unspecified atom stereocenters. The smallest absolute Gasteiger partial charge is 0.204 e. The van der Waals surface area contributed by atoms with Gasteiger partial charge in [0.15, 0.2) is 5.82 Å². The zero-order chi connectivity index (χ0) is 13.6. The zero-order valence-electron chi connectivity index (χ0n) is 11.1. The van der Waals surface area contributed by atoms with E-state index in [-0.39, 0.29) is 0 Å². The lowest BCUT2D eigenvalue weighted by Crippen LogP contribution is -2.13. The fourth-order valence-electron chi connectivity index (χ4n) is 2.18. The average molecular weight is 276 g/mol. The van der Waals surface area contributed by atoms with Crippen LogP contribution in [0, 0.1) is 0 Å². The Kier molecular flexibility index (Phi) is 2.78. The van der Waals surface area contributed by atoms with Gasteiger partial charge in [-0.2, -0.15) is 0 Å². The Balaban J connectivity index is 2.52. The van der Waals surface area contributed by atoms with E-state index in [1.165, 1.54) is 0 Å². The fourth-order valence-corrected chi connectivity index (χ4v) is 2.35. The van der Waals surface area contributed by atoms with Gasteiger partial charge in [-0.15, -0.1) is 10.2 Å². The number of hydrogen-bond acceptors (Lipinski definition) is 4. The Morgan fingerprint density at radius 2 is 2.05 bits per heavy atom. The highest BCUT2D eigenvalue weighted by atomic mass is 35.5. The van der Waals surface area contributed by atoms with Crippen molar-refractivity contribution in [2.45, 2.75) is 13.3 Å². The molecular weight excluding hydrogens is 262 g/mol. The van der Waals surface area contributed by atoms with Gasteiger partial charge in [0.2, 0.25) is 5.65 Å². The van der Waals surface area contributed by atoms with Crippen molar-refractivity contribution in [2.24, 2.45) is 0 Å². The molecule has 0 atom stereocenters. The highest BCUT2D eigenvalue weighted by Crippen LogP contribution is 2.25. The Hall–Kier alpha value is -1.88. The first kappa shape index (κ1) is 12.2. The maximum Gasteiger partial charge on any atom is 0.204 e. The maximum absolute atomic E-state index is 6.06. The third-order valence-electron chi connectivity index (χ3n) is 3.07. The van der Waals surface area contributed by atoms with Crippen molar-refractivity contribution in [3.8, 4) is 0 Å². The van der Waals surface area contributed by atoms with E-state index in [1.54, 1.807) is 0 Å². The molecule has 0 saturated carbocycles. The zero-order valence-corrected chi connectivity index (χ0v) is 11.8. The van der Waals surface area contributed by atoms with Gasteiger partial charge in [0.25, 0.3) is 0 Å². The summed E-state index contributed by atoms with van der Waals surface area (Å²) in [6.45, 7) is 2.06. The molecule has 0 aliphatic rings. The molecule has 19 heavy (non-hydrogen) atoms. The predicted molar refractivity (Wildman–Crippen MR) is 77.0 cm³/mol. The normalized spacial score (nSPS) is 11.4. The number of halogens is 1. The van der Waals surface area contributed by atoms with Gasteiger partial charge in [0, 0.05) is 25.5 Å². The highest BCUT2D eigenvalue weighted by molar-refractivity contribution is 6.31. The number of aryl methyl sites for hydroxylation is 1. The summed E-state index contributed by atoms with van der Waals surface area (Å²) in [6.07, 6.45) is 0.815. The maximum atomic E-state index is 6.06. The molecule has 2 heterocycles. The Bertz CT molecular complexity index is 762. The molecule has 5 nitrogen and oxygen atoms in total. The first-order chi connectivity index (χ1) is 9.11. The summed E-state index contributed by atoms with van der Waals surface area (Å²) in [7, 11) is 3.89. The summed E-state index contributed by atoms with van der Waals surface area (Å²) in [5.74, 6) is 1.72. The summed E-state index contributed by atoms with van der Waals surface area (Å²) in [4.78, 5) is 6.56. The van der Waals surface area contributed by atoms with Gasteiger partial charge in [-0.25, -0.2) is 4.98 Å². The van der Waals surface area contributed by atoms with Crippen molar-refractivity contribution in [2.75, 3.05) is 19.0 Å². The number of benzene rings is 1. The van der Waals surface area contributed by atoms with E-state index in [9.17, 15) is 0 Å². The van der Waals surface area contributed by atoms with Crippen LogP contribution in [0.4, 0.5) is 5.82 Å². The first-order valence-corrected chi connectivity index (χ1v) is 6.50. The van der Waals surface area contributed by atoms with Crippen molar-refractivity contribution < 1.29 is 0 Å². The summed E-state index contributed by atoms with van der Waals surface area (Å²) in [6, 6.07) is 5.68. The number of nitrogens with zero attached hydrogens (tertiary/aromatic N) is 5. The predicted octanol–water partition coefficient (Wildman–Crippen LogP) is 2.56. The standard InChI is InChI=1S/C13H14ClN5/c1-4-11-16-17-13-12(18(2)3)15-9-7-8(14)5-6-10(9)19(11)13/h5-7H,4H2,1-3H3. The fraction of sp³-hybridized carbons (Fsp3) is 0.308. The average Bonchev–Trinajstić information content (AvgIpc) is 2.81. The molecule has 0 amide bonds. The number of aromatic nitrogens is 4. The van der Waals surface area contributed by atoms with E-state index in [2.05, 4.69) is 22.1 Å². The lowest BCUT2D eigenvalue weighted by atomic mass is 10.3. The molecule has 0 fully saturated rings. The minimum atomic E-state index is 0.676. The quantitative estimate of drug-likeness (QED) is 0.721.